The van der Waals surface area contributed by atoms with Gasteiger partial charge in [0, 0.05) is 61.4 Å². The summed E-state index contributed by atoms with van der Waals surface area (Å²) in [6.45, 7) is 6.98. The van der Waals surface area contributed by atoms with E-state index < -0.39 is 0 Å². The van der Waals surface area contributed by atoms with Gasteiger partial charge in [0.2, 0.25) is 5.65 Å². The molecule has 2 atom stereocenters. The number of likely N-dealkylation sites (tertiary alicyclic amines) is 1. The second-order valence-corrected chi connectivity index (χ2v) is 7.48. The number of pyridine rings is 1. The van der Waals surface area contributed by atoms with Crippen molar-refractivity contribution in [1.82, 2.24) is 29.5 Å². The smallest absolute Gasteiger partial charge is 0.203 e. The molecule has 5 heterocycles. The molecule has 3 aromatic heterocycles. The zero-order valence-electron chi connectivity index (χ0n) is 15.8. The molecule has 2 aliphatic heterocycles. The number of anilines is 1. The predicted molar refractivity (Wildman–Crippen MR) is 101 cm³/mol. The van der Waals surface area contributed by atoms with E-state index in [1.54, 1.807) is 13.4 Å². The van der Waals surface area contributed by atoms with Crippen LogP contribution in [0.2, 0.25) is 0 Å². The molecule has 140 valence electrons. The summed E-state index contributed by atoms with van der Waals surface area (Å²) in [6, 6.07) is 0.964. The summed E-state index contributed by atoms with van der Waals surface area (Å²) in [5.41, 5.74) is 4.17. The summed E-state index contributed by atoms with van der Waals surface area (Å²) in [5.74, 6) is 1.89. The molecule has 0 amide bonds. The molecule has 5 rings (SSSR count). The van der Waals surface area contributed by atoms with Crippen molar-refractivity contribution in [3.05, 3.63) is 41.7 Å². The third kappa shape index (κ3) is 2.55. The average molecular weight is 365 g/mol. The first-order valence-corrected chi connectivity index (χ1v) is 9.30. The highest BCUT2D eigenvalue weighted by atomic mass is 16.5. The number of aryl methyl sites for hydroxylation is 1. The molecule has 3 aromatic rings. The molecular formula is C19H23N7O. The Morgan fingerprint density at radius 1 is 1.19 bits per heavy atom. The Bertz CT molecular complexity index is 1000. The summed E-state index contributed by atoms with van der Waals surface area (Å²) < 4.78 is 7.49. The number of piperazine rings is 1. The van der Waals surface area contributed by atoms with Crippen LogP contribution in [0.25, 0.3) is 5.65 Å². The van der Waals surface area contributed by atoms with Gasteiger partial charge in [-0.3, -0.25) is 14.3 Å². The van der Waals surface area contributed by atoms with Crippen LogP contribution in [0.1, 0.15) is 23.2 Å². The number of rotatable bonds is 4. The van der Waals surface area contributed by atoms with Crippen molar-refractivity contribution in [2.45, 2.75) is 38.9 Å². The fourth-order valence-corrected chi connectivity index (χ4v) is 4.57. The quantitative estimate of drug-likeness (QED) is 0.695. The first-order chi connectivity index (χ1) is 13.2. The lowest BCUT2D eigenvalue weighted by molar-refractivity contribution is 0.226. The van der Waals surface area contributed by atoms with Gasteiger partial charge in [-0.05, 0) is 20.3 Å². The van der Waals surface area contributed by atoms with Crippen LogP contribution in [0.5, 0.6) is 5.75 Å². The summed E-state index contributed by atoms with van der Waals surface area (Å²) in [7, 11) is 1.73. The fourth-order valence-electron chi connectivity index (χ4n) is 4.57. The number of fused-ring (bicyclic) bond motifs is 3. The number of nitrogens with zero attached hydrogens (tertiary/aromatic N) is 7. The van der Waals surface area contributed by atoms with E-state index >= 15 is 0 Å². The monoisotopic (exact) mass is 365 g/mol. The van der Waals surface area contributed by atoms with Crippen molar-refractivity contribution in [1.29, 1.82) is 0 Å². The molecule has 0 N–H and O–H groups in total. The minimum Gasteiger partial charge on any atom is -0.496 e. The van der Waals surface area contributed by atoms with E-state index in [9.17, 15) is 0 Å². The van der Waals surface area contributed by atoms with Crippen LogP contribution in [0.3, 0.4) is 0 Å². The minimum atomic E-state index is 0.457. The third-order valence-electron chi connectivity index (χ3n) is 5.93. The molecule has 0 saturated carbocycles. The molecule has 0 radical (unpaired) electrons. The lowest BCUT2D eigenvalue weighted by Crippen LogP contribution is -2.46. The topological polar surface area (TPSA) is 71.7 Å². The maximum atomic E-state index is 5.56. The van der Waals surface area contributed by atoms with Crippen molar-refractivity contribution in [2.24, 2.45) is 0 Å². The maximum absolute atomic E-state index is 5.56. The molecule has 2 bridgehead atoms. The van der Waals surface area contributed by atoms with Crippen LogP contribution >= 0.6 is 0 Å². The molecular weight excluding hydrogens is 342 g/mol. The number of hydrogen-bond acceptors (Lipinski definition) is 7. The summed E-state index contributed by atoms with van der Waals surface area (Å²) in [6.07, 6.45) is 8.50. The largest absolute Gasteiger partial charge is 0.496 e. The van der Waals surface area contributed by atoms with E-state index in [0.29, 0.717) is 12.1 Å². The molecule has 0 spiro atoms. The van der Waals surface area contributed by atoms with Gasteiger partial charge < -0.3 is 9.64 Å². The third-order valence-corrected chi connectivity index (χ3v) is 5.93. The molecule has 2 fully saturated rings. The molecule has 8 heteroatoms. The van der Waals surface area contributed by atoms with Gasteiger partial charge >= 0.3 is 0 Å². The van der Waals surface area contributed by atoms with E-state index in [2.05, 4.69) is 36.9 Å². The summed E-state index contributed by atoms with van der Waals surface area (Å²) >= 11 is 0. The normalized spacial score (nSPS) is 22.1. The summed E-state index contributed by atoms with van der Waals surface area (Å²) in [4.78, 5) is 14.2. The molecule has 2 saturated heterocycles. The van der Waals surface area contributed by atoms with Gasteiger partial charge in [-0.15, -0.1) is 10.2 Å². The molecule has 8 nitrogen and oxygen atoms in total. The zero-order valence-corrected chi connectivity index (χ0v) is 15.8. The van der Waals surface area contributed by atoms with E-state index in [1.165, 1.54) is 0 Å². The Labute approximate surface area is 157 Å². The van der Waals surface area contributed by atoms with Gasteiger partial charge in [0.05, 0.1) is 12.8 Å². The minimum absolute atomic E-state index is 0.457. The lowest BCUT2D eigenvalue weighted by atomic mass is 10.1. The van der Waals surface area contributed by atoms with Crippen LogP contribution in [0.15, 0.2) is 24.9 Å². The van der Waals surface area contributed by atoms with Gasteiger partial charge in [-0.2, -0.15) is 0 Å². The van der Waals surface area contributed by atoms with Gasteiger partial charge in [0.25, 0.3) is 0 Å². The maximum Gasteiger partial charge on any atom is 0.203 e. The second kappa shape index (κ2) is 6.16. The SMILES string of the molecule is COc1c(C)cnc(CN2CC3CC2CN3c2nccn3cnnc23)c1C. The molecule has 0 aliphatic carbocycles. The number of hydrogen-bond donors (Lipinski definition) is 0. The first-order valence-electron chi connectivity index (χ1n) is 9.30. The Balaban J connectivity index is 1.36. The zero-order chi connectivity index (χ0) is 18.5. The Morgan fingerprint density at radius 3 is 2.85 bits per heavy atom. The highest BCUT2D eigenvalue weighted by Gasteiger charge is 2.44. The van der Waals surface area contributed by atoms with Crippen LogP contribution < -0.4 is 9.64 Å². The van der Waals surface area contributed by atoms with Crippen molar-refractivity contribution >= 4 is 11.5 Å². The Hall–Kier alpha value is -2.74. The van der Waals surface area contributed by atoms with Crippen molar-refractivity contribution in [2.75, 3.05) is 25.1 Å². The summed E-state index contributed by atoms with van der Waals surface area (Å²) in [5, 5.41) is 8.26. The standard InChI is InChI=1S/C19H23N7O/c1-12-7-21-16(13(2)17(12)27-3)10-25-8-15-6-14(25)9-26(15)18-19-23-22-11-24(19)5-4-20-18/h4-5,7,11,14-15H,6,8-10H2,1-3H3. The van der Waals surface area contributed by atoms with Gasteiger partial charge in [-0.1, -0.05) is 0 Å². The van der Waals surface area contributed by atoms with Crippen LogP contribution in [-0.4, -0.2) is 61.7 Å². The molecule has 0 aromatic carbocycles. The Morgan fingerprint density at radius 2 is 2.07 bits per heavy atom. The van der Waals surface area contributed by atoms with Crippen molar-refractivity contribution in [3.63, 3.8) is 0 Å². The van der Waals surface area contributed by atoms with E-state index in [-0.39, 0.29) is 0 Å². The average Bonchev–Trinajstić information content (AvgIpc) is 3.39. The second-order valence-electron chi connectivity index (χ2n) is 7.48. The van der Waals surface area contributed by atoms with Crippen LogP contribution in [0, 0.1) is 13.8 Å². The molecule has 27 heavy (non-hydrogen) atoms. The molecule has 2 aliphatic rings. The van der Waals surface area contributed by atoms with E-state index in [1.807, 2.05) is 29.9 Å². The number of ether oxygens (including phenoxy) is 1. The predicted octanol–water partition coefficient (Wildman–Crippen LogP) is 1.61. The Kier molecular flexibility index (Phi) is 3.75. The fraction of sp³-hybridized carbons (Fsp3) is 0.474. The first kappa shape index (κ1) is 16.4. The van der Waals surface area contributed by atoms with Crippen LogP contribution in [-0.2, 0) is 6.54 Å². The van der Waals surface area contributed by atoms with Crippen molar-refractivity contribution in [3.8, 4) is 5.75 Å². The number of methoxy groups -OCH3 is 1. The van der Waals surface area contributed by atoms with Gasteiger partial charge in [-0.25, -0.2) is 4.98 Å². The van der Waals surface area contributed by atoms with Gasteiger partial charge in [0.15, 0.2) is 5.82 Å². The van der Waals surface area contributed by atoms with E-state index in [0.717, 1.165) is 60.1 Å². The van der Waals surface area contributed by atoms with Crippen LogP contribution in [0.4, 0.5) is 5.82 Å². The number of aromatic nitrogens is 5. The highest BCUT2D eigenvalue weighted by Crippen LogP contribution is 2.36. The lowest BCUT2D eigenvalue weighted by Gasteiger charge is -2.34. The van der Waals surface area contributed by atoms with Crippen molar-refractivity contribution < 1.29 is 4.74 Å². The van der Waals surface area contributed by atoms with E-state index in [4.69, 9.17) is 4.74 Å². The van der Waals surface area contributed by atoms with Gasteiger partial charge in [0.1, 0.15) is 12.1 Å². The highest BCUT2D eigenvalue weighted by molar-refractivity contribution is 5.64. The molecule has 2 unspecified atom stereocenters.